The van der Waals surface area contributed by atoms with Gasteiger partial charge in [-0.3, -0.25) is 19.1 Å². The van der Waals surface area contributed by atoms with Gasteiger partial charge in [-0.25, -0.2) is 4.98 Å². The molecule has 0 fully saturated rings. The summed E-state index contributed by atoms with van der Waals surface area (Å²) in [6.45, 7) is 4.45. The van der Waals surface area contributed by atoms with Crippen LogP contribution in [0, 0.1) is 10.1 Å². The molecule has 1 aliphatic heterocycles. The van der Waals surface area contributed by atoms with Gasteiger partial charge in [0.05, 0.1) is 17.4 Å². The van der Waals surface area contributed by atoms with E-state index in [9.17, 15) is 19.7 Å². The Labute approximate surface area is 161 Å². The maximum Gasteiger partial charge on any atom is 0.295 e. The Bertz CT molecular complexity index is 959. The van der Waals surface area contributed by atoms with Gasteiger partial charge in [0, 0.05) is 19.6 Å². The van der Waals surface area contributed by atoms with E-state index in [0.717, 1.165) is 0 Å². The Morgan fingerprint density at radius 1 is 1.39 bits per heavy atom. The molecule has 1 atom stereocenters. The smallest absolute Gasteiger partial charge is 0.295 e. The number of aromatic nitrogens is 2. The number of nitrogens with zero attached hydrogens (tertiary/aromatic N) is 4. The number of carbonyl (C=O) groups is 1. The van der Waals surface area contributed by atoms with Crippen molar-refractivity contribution in [2.45, 2.75) is 38.8 Å². The Morgan fingerprint density at radius 3 is 2.86 bits per heavy atom. The van der Waals surface area contributed by atoms with Crippen LogP contribution >= 0.6 is 0 Å². The highest BCUT2D eigenvalue weighted by molar-refractivity contribution is 5.94. The van der Waals surface area contributed by atoms with Crippen molar-refractivity contribution in [2.75, 3.05) is 24.5 Å². The Kier molecular flexibility index (Phi) is 5.59. The zero-order valence-electron chi connectivity index (χ0n) is 15.9. The maximum atomic E-state index is 12.7. The lowest BCUT2D eigenvalue weighted by molar-refractivity contribution is -0.779. The Balaban J connectivity index is 1.76. The van der Waals surface area contributed by atoms with Crippen molar-refractivity contribution in [3.63, 3.8) is 0 Å². The zero-order valence-corrected chi connectivity index (χ0v) is 15.9. The first-order valence-corrected chi connectivity index (χ1v) is 9.19. The van der Waals surface area contributed by atoms with Crippen molar-refractivity contribution >= 4 is 22.8 Å². The van der Waals surface area contributed by atoms with Crippen molar-refractivity contribution in [2.24, 2.45) is 0 Å². The van der Waals surface area contributed by atoms with E-state index in [2.05, 4.69) is 10.3 Å². The van der Waals surface area contributed by atoms with Gasteiger partial charge in [0.25, 0.3) is 10.6 Å². The lowest BCUT2D eigenvalue weighted by Crippen LogP contribution is -2.48. The third kappa shape index (κ3) is 3.96. The first-order chi connectivity index (χ1) is 13.3. The van der Waals surface area contributed by atoms with E-state index >= 15 is 0 Å². The third-order valence-electron chi connectivity index (χ3n) is 4.97. The average molecular weight is 389 g/mol. The number of benzene rings is 1. The molecule has 0 bridgehead atoms. The summed E-state index contributed by atoms with van der Waals surface area (Å²) in [5.41, 5.74) is -0.636. The van der Waals surface area contributed by atoms with Crippen molar-refractivity contribution in [1.82, 2.24) is 14.9 Å². The van der Waals surface area contributed by atoms with Crippen LogP contribution in [0.5, 0.6) is 0 Å². The largest absolute Gasteiger partial charge is 0.306 e. The van der Waals surface area contributed by atoms with E-state index in [1.54, 1.807) is 38.1 Å². The second-order valence-electron chi connectivity index (χ2n) is 7.01. The standard InChI is InChI=1S/C18H23N5O5/c1-3-18(2,28-23(26)27)12-19-11-15(24)21-9-6-10-22-16(25)13-7-4-5-8-14(13)20-17(21)22/h4-5,7-8,19H,3,6,9-12H2,1-2H3. The summed E-state index contributed by atoms with van der Waals surface area (Å²) in [4.78, 5) is 46.8. The second-order valence-corrected chi connectivity index (χ2v) is 7.01. The number of amides is 1. The monoisotopic (exact) mass is 389 g/mol. The number of rotatable bonds is 7. The van der Waals surface area contributed by atoms with Crippen LogP contribution < -0.4 is 15.8 Å². The summed E-state index contributed by atoms with van der Waals surface area (Å²) in [7, 11) is 0. The maximum absolute atomic E-state index is 12.7. The molecule has 0 saturated carbocycles. The van der Waals surface area contributed by atoms with Gasteiger partial charge in [0.1, 0.15) is 5.60 Å². The molecule has 2 heterocycles. The quantitative estimate of drug-likeness (QED) is 0.556. The highest BCUT2D eigenvalue weighted by Crippen LogP contribution is 2.20. The fraction of sp³-hybridized carbons (Fsp3) is 0.500. The molecule has 28 heavy (non-hydrogen) atoms. The van der Waals surface area contributed by atoms with Gasteiger partial charge in [-0.15, -0.1) is 10.1 Å². The Hall–Kier alpha value is -3.01. The van der Waals surface area contributed by atoms with Gasteiger partial charge in [0.2, 0.25) is 11.9 Å². The van der Waals surface area contributed by atoms with Gasteiger partial charge in [0.15, 0.2) is 0 Å². The molecule has 150 valence electrons. The predicted molar refractivity (Wildman–Crippen MR) is 103 cm³/mol. The Morgan fingerprint density at radius 2 is 2.14 bits per heavy atom. The minimum Gasteiger partial charge on any atom is -0.306 e. The number of hydrogen-bond acceptors (Lipinski definition) is 7. The highest BCUT2D eigenvalue weighted by atomic mass is 17.0. The van der Waals surface area contributed by atoms with Crippen molar-refractivity contribution in [1.29, 1.82) is 0 Å². The summed E-state index contributed by atoms with van der Waals surface area (Å²) in [6.07, 6.45) is 1.06. The van der Waals surface area contributed by atoms with Crippen molar-refractivity contribution in [3.05, 3.63) is 44.7 Å². The number of anilines is 1. The van der Waals surface area contributed by atoms with E-state index in [1.807, 2.05) is 0 Å². The molecule has 1 amide bonds. The van der Waals surface area contributed by atoms with E-state index in [4.69, 9.17) is 4.84 Å². The van der Waals surface area contributed by atoms with E-state index in [1.165, 1.54) is 9.47 Å². The van der Waals surface area contributed by atoms with E-state index in [0.29, 0.717) is 42.8 Å². The molecular formula is C18H23N5O5. The first kappa shape index (κ1) is 19.7. The summed E-state index contributed by atoms with van der Waals surface area (Å²) in [5.74, 6) is 0.0803. The highest BCUT2D eigenvalue weighted by Gasteiger charge is 2.29. The van der Waals surface area contributed by atoms with Crippen LogP contribution in [0.4, 0.5) is 5.95 Å². The van der Waals surface area contributed by atoms with E-state index in [-0.39, 0.29) is 24.6 Å². The second kappa shape index (κ2) is 7.93. The molecule has 1 aromatic heterocycles. The molecule has 3 rings (SSSR count). The molecule has 1 aliphatic rings. The average Bonchev–Trinajstić information content (AvgIpc) is 2.67. The predicted octanol–water partition coefficient (Wildman–Crippen LogP) is 1.10. The molecule has 0 saturated heterocycles. The topological polar surface area (TPSA) is 120 Å². The molecule has 0 radical (unpaired) electrons. The minimum atomic E-state index is -1.02. The molecular weight excluding hydrogens is 366 g/mol. The molecule has 0 spiro atoms. The number of hydrogen-bond donors (Lipinski definition) is 1. The summed E-state index contributed by atoms with van der Waals surface area (Å²) in [5, 5.41) is 13.3. The van der Waals surface area contributed by atoms with Gasteiger partial charge in [-0.05, 0) is 31.9 Å². The number of fused-ring (bicyclic) bond motifs is 2. The summed E-state index contributed by atoms with van der Waals surface area (Å²) < 4.78 is 1.52. The van der Waals surface area contributed by atoms with Gasteiger partial charge < -0.3 is 10.2 Å². The molecule has 10 nitrogen and oxygen atoms in total. The van der Waals surface area contributed by atoms with Crippen LogP contribution in [0.1, 0.15) is 26.7 Å². The number of para-hydroxylation sites is 1. The lowest BCUT2D eigenvalue weighted by atomic mass is 10.0. The van der Waals surface area contributed by atoms with Crippen LogP contribution in [0.3, 0.4) is 0 Å². The van der Waals surface area contributed by atoms with Gasteiger partial charge in [-0.2, -0.15) is 0 Å². The third-order valence-corrected chi connectivity index (χ3v) is 4.97. The molecule has 1 aromatic carbocycles. The van der Waals surface area contributed by atoms with Crippen molar-refractivity contribution in [3.8, 4) is 0 Å². The number of carbonyl (C=O) groups excluding carboxylic acids is 1. The SMILES string of the molecule is CCC(C)(CNCC(=O)N1CCCn2c1nc1ccccc1c2=O)O[N+](=O)[O-]. The van der Waals surface area contributed by atoms with Gasteiger partial charge >= 0.3 is 0 Å². The van der Waals surface area contributed by atoms with Crippen LogP contribution in [-0.2, 0) is 16.2 Å². The zero-order chi connectivity index (χ0) is 20.3. The molecule has 1 N–H and O–H groups in total. The van der Waals surface area contributed by atoms with Crippen LogP contribution in [0.25, 0.3) is 10.9 Å². The fourth-order valence-electron chi connectivity index (χ4n) is 3.22. The minimum absolute atomic E-state index is 0.0423. The summed E-state index contributed by atoms with van der Waals surface area (Å²) in [6, 6.07) is 7.05. The summed E-state index contributed by atoms with van der Waals surface area (Å²) >= 11 is 0. The lowest BCUT2D eigenvalue weighted by Gasteiger charge is -2.30. The number of nitrogens with one attached hydrogen (secondary N) is 1. The molecule has 2 aromatic rings. The first-order valence-electron chi connectivity index (χ1n) is 9.19. The van der Waals surface area contributed by atoms with Crippen molar-refractivity contribution < 1.29 is 14.7 Å². The van der Waals surface area contributed by atoms with Crippen LogP contribution in [-0.4, -0.2) is 45.8 Å². The molecule has 10 heteroatoms. The molecule has 0 aliphatic carbocycles. The van der Waals surface area contributed by atoms with Gasteiger partial charge in [-0.1, -0.05) is 19.1 Å². The van der Waals surface area contributed by atoms with E-state index < -0.39 is 10.7 Å². The normalized spacial score (nSPS) is 15.7. The molecule has 1 unspecified atom stereocenters. The van der Waals surface area contributed by atoms with Crippen LogP contribution in [0.15, 0.2) is 29.1 Å². The van der Waals surface area contributed by atoms with Crippen LogP contribution in [0.2, 0.25) is 0 Å². The fourth-order valence-corrected chi connectivity index (χ4v) is 3.22.